The molecule has 1 unspecified atom stereocenters. The molecule has 11 nitrogen and oxygen atoms in total. The maximum absolute atomic E-state index is 13.0. The maximum atomic E-state index is 13.0. The monoisotopic (exact) mass is 549 g/mol. The van der Waals surface area contributed by atoms with Crippen molar-refractivity contribution in [3.63, 3.8) is 0 Å². The average Bonchev–Trinajstić information content (AvgIpc) is 3.59. The third kappa shape index (κ3) is 4.67. The molecule has 2 aliphatic rings. The van der Waals surface area contributed by atoms with E-state index in [0.29, 0.717) is 40.0 Å². The number of pyridine rings is 2. The number of aromatic amines is 1. The largest absolute Gasteiger partial charge is 0.381 e. The fraction of sp³-hybridized carbons (Fsp3) is 0.300. The Balaban J connectivity index is 1.28. The highest BCUT2D eigenvalue weighted by atomic mass is 16.5. The number of nitrogens with zero attached hydrogens (tertiary/aromatic N) is 6. The molecule has 208 valence electrons. The second kappa shape index (κ2) is 10.0. The first-order valence-corrected chi connectivity index (χ1v) is 13.8. The maximum Gasteiger partial charge on any atom is 0.259 e. The Morgan fingerprint density at radius 2 is 1.93 bits per heavy atom. The Hall–Kier alpha value is -4.77. The summed E-state index contributed by atoms with van der Waals surface area (Å²) in [5.41, 5.74) is 7.24. The highest BCUT2D eigenvalue weighted by molar-refractivity contribution is 5.98. The van der Waals surface area contributed by atoms with Gasteiger partial charge in [-0.1, -0.05) is 12.1 Å². The third-order valence-electron chi connectivity index (χ3n) is 7.72. The number of benzene rings is 1. The summed E-state index contributed by atoms with van der Waals surface area (Å²) in [5, 5.41) is 12.1. The zero-order chi connectivity index (χ0) is 28.1. The summed E-state index contributed by atoms with van der Waals surface area (Å²) in [6, 6.07) is 11.7. The van der Waals surface area contributed by atoms with E-state index in [1.165, 1.54) is 5.69 Å². The molecular weight excluding hydrogens is 518 g/mol. The molecule has 1 fully saturated rings. The van der Waals surface area contributed by atoms with Crippen molar-refractivity contribution in [1.82, 2.24) is 29.7 Å². The Bertz CT molecular complexity index is 1820. The number of H-pyrrole nitrogens is 1. The van der Waals surface area contributed by atoms with Gasteiger partial charge in [0.05, 0.1) is 53.0 Å². The van der Waals surface area contributed by atoms with Crippen molar-refractivity contribution in [1.29, 1.82) is 0 Å². The number of fused-ring (bicyclic) bond motifs is 4. The summed E-state index contributed by atoms with van der Waals surface area (Å²) in [5.74, 6) is 2.37. The molecule has 41 heavy (non-hydrogen) atoms. The van der Waals surface area contributed by atoms with E-state index < -0.39 is 0 Å². The first-order chi connectivity index (χ1) is 19.9. The molecule has 3 N–H and O–H groups in total. The van der Waals surface area contributed by atoms with Gasteiger partial charge in [-0.2, -0.15) is 5.10 Å². The van der Waals surface area contributed by atoms with Gasteiger partial charge in [0, 0.05) is 61.3 Å². The number of anilines is 5. The van der Waals surface area contributed by atoms with Gasteiger partial charge in [0.25, 0.3) is 5.56 Å². The molecule has 5 aromatic rings. The number of ether oxygens (including phenoxy) is 1. The number of rotatable bonds is 6. The topological polar surface area (TPSA) is 126 Å². The van der Waals surface area contributed by atoms with Gasteiger partial charge in [-0.25, -0.2) is 15.0 Å². The number of nitrogens with one attached hydrogen (secondary N) is 3. The van der Waals surface area contributed by atoms with Crippen LogP contribution in [0.25, 0.3) is 22.0 Å². The number of para-hydroxylation sites is 1. The van der Waals surface area contributed by atoms with E-state index in [-0.39, 0.29) is 5.56 Å². The van der Waals surface area contributed by atoms with E-state index in [1.54, 1.807) is 12.3 Å². The van der Waals surface area contributed by atoms with Crippen LogP contribution < -0.4 is 21.1 Å². The summed E-state index contributed by atoms with van der Waals surface area (Å²) < 4.78 is 7.73. The third-order valence-corrected chi connectivity index (χ3v) is 7.72. The first kappa shape index (κ1) is 25.2. The predicted octanol–water partition coefficient (Wildman–Crippen LogP) is 4.67. The molecule has 4 aromatic heterocycles. The number of aromatic nitrogens is 6. The summed E-state index contributed by atoms with van der Waals surface area (Å²) in [6.45, 7) is 6.99. The highest BCUT2D eigenvalue weighted by Crippen LogP contribution is 2.44. The van der Waals surface area contributed by atoms with Gasteiger partial charge in [0.15, 0.2) is 0 Å². The van der Waals surface area contributed by atoms with Crippen molar-refractivity contribution in [2.24, 2.45) is 5.92 Å². The SMILES string of the molecule is Cc1cc(Nc2cc(Nc3cccc4c3N(C)Cc3c-4cnn3CC3CCOC3)c3c(=O)[nH]ccc3n2)nc(C)n1. The Morgan fingerprint density at radius 3 is 2.76 bits per heavy atom. The van der Waals surface area contributed by atoms with Gasteiger partial charge in [0.1, 0.15) is 17.5 Å². The summed E-state index contributed by atoms with van der Waals surface area (Å²) in [4.78, 5) is 31.6. The molecule has 2 aliphatic heterocycles. The molecule has 11 heteroatoms. The molecule has 0 bridgehead atoms. The lowest BCUT2D eigenvalue weighted by atomic mass is 9.97. The van der Waals surface area contributed by atoms with E-state index in [4.69, 9.17) is 14.8 Å². The molecule has 0 amide bonds. The van der Waals surface area contributed by atoms with Crippen molar-refractivity contribution >= 4 is 39.6 Å². The summed E-state index contributed by atoms with van der Waals surface area (Å²) >= 11 is 0. The van der Waals surface area contributed by atoms with E-state index in [1.807, 2.05) is 44.3 Å². The lowest BCUT2D eigenvalue weighted by Gasteiger charge is -2.31. The summed E-state index contributed by atoms with van der Waals surface area (Å²) in [7, 11) is 2.09. The van der Waals surface area contributed by atoms with Crippen molar-refractivity contribution < 1.29 is 4.74 Å². The Morgan fingerprint density at radius 1 is 1.05 bits per heavy atom. The zero-order valence-electron chi connectivity index (χ0n) is 23.2. The quantitative estimate of drug-likeness (QED) is 0.277. The van der Waals surface area contributed by atoms with Crippen molar-refractivity contribution in [2.75, 3.05) is 35.8 Å². The predicted molar refractivity (Wildman–Crippen MR) is 159 cm³/mol. The van der Waals surface area contributed by atoms with Gasteiger partial charge < -0.3 is 25.3 Å². The molecule has 1 saturated heterocycles. The molecular formula is C30H31N9O2. The Labute approximate surface area is 236 Å². The van der Waals surface area contributed by atoms with Gasteiger partial charge in [0.2, 0.25) is 0 Å². The van der Waals surface area contributed by atoms with Gasteiger partial charge in [-0.15, -0.1) is 0 Å². The molecule has 0 aliphatic carbocycles. The normalized spacial score (nSPS) is 16.1. The minimum atomic E-state index is -0.213. The molecule has 6 heterocycles. The van der Waals surface area contributed by atoms with Crippen LogP contribution in [0.4, 0.5) is 28.7 Å². The second-order valence-electron chi connectivity index (χ2n) is 10.8. The van der Waals surface area contributed by atoms with Gasteiger partial charge >= 0.3 is 0 Å². The van der Waals surface area contributed by atoms with E-state index >= 15 is 0 Å². The molecule has 1 aromatic carbocycles. The molecule has 1 atom stereocenters. The van der Waals surface area contributed by atoms with Crippen LogP contribution in [0.1, 0.15) is 23.6 Å². The first-order valence-electron chi connectivity index (χ1n) is 13.8. The van der Waals surface area contributed by atoms with E-state index in [2.05, 4.69) is 48.3 Å². The standard InChI is InChI=1S/C30H31N9O2/c1-17-11-26(34-18(2)33-17)37-27-12-24(28-22(36-27)7-9-31-30(28)40)35-23-6-4-5-20-21-13-32-39(14-19-8-10-41-16-19)25(21)15-38(3)29(20)23/h4-7,9,11-13,19H,8,10,14-16H2,1-3H3,(H,31,40)(H2,33,34,35,36,37). The molecule has 0 spiro atoms. The minimum Gasteiger partial charge on any atom is -0.381 e. The average molecular weight is 550 g/mol. The fourth-order valence-corrected chi connectivity index (χ4v) is 5.92. The van der Waals surface area contributed by atoms with Crippen molar-refractivity contribution in [3.05, 3.63) is 76.4 Å². The van der Waals surface area contributed by atoms with Crippen LogP contribution in [0.3, 0.4) is 0 Å². The van der Waals surface area contributed by atoms with Crippen LogP contribution >= 0.6 is 0 Å². The molecule has 7 rings (SSSR count). The van der Waals surface area contributed by atoms with Crippen molar-refractivity contribution in [2.45, 2.75) is 33.4 Å². The highest BCUT2D eigenvalue weighted by Gasteiger charge is 2.28. The Kier molecular flexibility index (Phi) is 6.15. The minimum absolute atomic E-state index is 0.213. The van der Waals surface area contributed by atoms with E-state index in [0.717, 1.165) is 60.9 Å². The number of hydrogen-bond acceptors (Lipinski definition) is 9. The smallest absolute Gasteiger partial charge is 0.259 e. The lowest BCUT2D eigenvalue weighted by molar-refractivity contribution is 0.181. The summed E-state index contributed by atoms with van der Waals surface area (Å²) in [6.07, 6.45) is 4.65. The van der Waals surface area contributed by atoms with Crippen LogP contribution in [-0.2, 0) is 17.8 Å². The van der Waals surface area contributed by atoms with Crippen LogP contribution in [0, 0.1) is 19.8 Å². The van der Waals surface area contributed by atoms with Crippen molar-refractivity contribution in [3.8, 4) is 11.1 Å². The van der Waals surface area contributed by atoms with Crippen LogP contribution in [0.2, 0.25) is 0 Å². The van der Waals surface area contributed by atoms with Crippen LogP contribution in [-0.4, -0.2) is 50.0 Å². The van der Waals surface area contributed by atoms with Crippen LogP contribution in [0.5, 0.6) is 0 Å². The molecule has 0 radical (unpaired) electrons. The zero-order valence-corrected chi connectivity index (χ0v) is 23.2. The molecule has 0 saturated carbocycles. The van der Waals surface area contributed by atoms with Crippen LogP contribution in [0.15, 0.2) is 53.6 Å². The number of aryl methyl sites for hydroxylation is 2. The second-order valence-corrected chi connectivity index (χ2v) is 10.8. The fourth-order valence-electron chi connectivity index (χ4n) is 5.92. The van der Waals surface area contributed by atoms with Gasteiger partial charge in [-0.05, 0) is 32.4 Å². The van der Waals surface area contributed by atoms with E-state index in [9.17, 15) is 4.79 Å². The van der Waals surface area contributed by atoms with Gasteiger partial charge in [-0.3, -0.25) is 9.48 Å². The number of hydrogen-bond donors (Lipinski definition) is 3. The lowest BCUT2D eigenvalue weighted by Crippen LogP contribution is -2.26.